The Morgan fingerprint density at radius 2 is 2.00 bits per heavy atom. The summed E-state index contributed by atoms with van der Waals surface area (Å²) >= 11 is 3.40. The van der Waals surface area contributed by atoms with Crippen LogP contribution in [0.3, 0.4) is 0 Å². The van der Waals surface area contributed by atoms with Gasteiger partial charge in [0.05, 0.1) is 12.7 Å². The molecule has 1 aromatic heterocycles. The van der Waals surface area contributed by atoms with Gasteiger partial charge in [0, 0.05) is 23.8 Å². The van der Waals surface area contributed by atoms with Crippen molar-refractivity contribution in [2.75, 3.05) is 12.4 Å². The molecule has 84 valence electrons. The van der Waals surface area contributed by atoms with E-state index in [9.17, 15) is 4.79 Å². The number of hydrogen-bond acceptors (Lipinski definition) is 2. The number of hydrogen-bond donors (Lipinski definition) is 0. The quantitative estimate of drug-likeness (QED) is 0.626. The molecule has 0 N–H and O–H groups in total. The summed E-state index contributed by atoms with van der Waals surface area (Å²) in [5.41, 5.74) is 3.90. The average molecular weight is 274 g/mol. The van der Waals surface area contributed by atoms with Crippen LogP contribution in [-0.2, 0) is 18.2 Å². The molecule has 0 spiro atoms. The summed E-state index contributed by atoms with van der Waals surface area (Å²) in [6.45, 7) is 3.97. The fourth-order valence-corrected chi connectivity index (χ4v) is 2.19. The van der Waals surface area contributed by atoms with Crippen LogP contribution < -0.4 is 0 Å². The van der Waals surface area contributed by atoms with Gasteiger partial charge in [-0.1, -0.05) is 15.9 Å². The van der Waals surface area contributed by atoms with Gasteiger partial charge in [-0.3, -0.25) is 0 Å². The highest BCUT2D eigenvalue weighted by molar-refractivity contribution is 9.09. The predicted molar refractivity (Wildman–Crippen MR) is 63.7 cm³/mol. The van der Waals surface area contributed by atoms with Gasteiger partial charge in [-0.25, -0.2) is 4.79 Å². The van der Waals surface area contributed by atoms with E-state index in [1.807, 2.05) is 25.5 Å². The van der Waals surface area contributed by atoms with Gasteiger partial charge in [0.15, 0.2) is 0 Å². The number of rotatable bonds is 3. The molecule has 0 radical (unpaired) electrons. The van der Waals surface area contributed by atoms with Crippen molar-refractivity contribution in [3.63, 3.8) is 0 Å². The van der Waals surface area contributed by atoms with Gasteiger partial charge in [0.1, 0.15) is 0 Å². The summed E-state index contributed by atoms with van der Waals surface area (Å²) in [7, 11) is 3.39. The maximum absolute atomic E-state index is 11.6. The normalized spacial score (nSPS) is 10.5. The van der Waals surface area contributed by atoms with E-state index in [1.165, 1.54) is 7.11 Å². The van der Waals surface area contributed by atoms with E-state index in [4.69, 9.17) is 4.74 Å². The van der Waals surface area contributed by atoms with E-state index < -0.39 is 0 Å². The Kier molecular flexibility index (Phi) is 3.97. The third kappa shape index (κ3) is 2.09. The molecule has 0 saturated carbocycles. The summed E-state index contributed by atoms with van der Waals surface area (Å²) in [6, 6.07) is 0. The van der Waals surface area contributed by atoms with E-state index in [-0.39, 0.29) is 5.97 Å². The van der Waals surface area contributed by atoms with Crippen LogP contribution in [0.15, 0.2) is 0 Å². The molecule has 1 heterocycles. The lowest BCUT2D eigenvalue weighted by atomic mass is 10.1. The number of carbonyl (C=O) groups is 1. The summed E-state index contributed by atoms with van der Waals surface area (Å²) in [5.74, 6) is -0.243. The largest absolute Gasteiger partial charge is 0.465 e. The monoisotopic (exact) mass is 273 g/mol. The number of esters is 1. The summed E-state index contributed by atoms with van der Waals surface area (Å²) < 4.78 is 6.84. The highest BCUT2D eigenvalue weighted by Crippen LogP contribution is 2.23. The van der Waals surface area contributed by atoms with Crippen molar-refractivity contribution < 1.29 is 9.53 Å². The molecular formula is C11H16BrNO2. The molecule has 0 fully saturated rings. The SMILES string of the molecule is COC(=O)c1c(CCBr)c(C)n(C)c1C. The molecule has 1 rings (SSSR count). The number of carbonyl (C=O) groups excluding carboxylic acids is 1. The lowest BCUT2D eigenvalue weighted by Crippen LogP contribution is -2.06. The molecule has 0 saturated heterocycles. The van der Waals surface area contributed by atoms with E-state index in [0.717, 1.165) is 34.3 Å². The number of ether oxygens (including phenoxy) is 1. The highest BCUT2D eigenvalue weighted by atomic mass is 79.9. The minimum atomic E-state index is -0.243. The molecule has 0 bridgehead atoms. The Labute approximate surface area is 98.5 Å². The van der Waals surface area contributed by atoms with Gasteiger partial charge < -0.3 is 9.30 Å². The zero-order valence-corrected chi connectivity index (χ0v) is 11.1. The molecule has 0 aliphatic rings. The van der Waals surface area contributed by atoms with Crippen LogP contribution in [0.2, 0.25) is 0 Å². The first kappa shape index (κ1) is 12.3. The molecule has 1 aromatic rings. The van der Waals surface area contributed by atoms with Crippen molar-refractivity contribution in [3.8, 4) is 0 Å². The Morgan fingerprint density at radius 1 is 1.40 bits per heavy atom. The second-order valence-corrected chi connectivity index (χ2v) is 4.31. The third-order valence-corrected chi connectivity index (χ3v) is 3.24. The maximum atomic E-state index is 11.6. The van der Waals surface area contributed by atoms with Crippen molar-refractivity contribution in [3.05, 3.63) is 22.5 Å². The maximum Gasteiger partial charge on any atom is 0.339 e. The van der Waals surface area contributed by atoms with Gasteiger partial charge in [0.25, 0.3) is 0 Å². The summed E-state index contributed by atoms with van der Waals surface area (Å²) in [5, 5.41) is 0.848. The number of alkyl halides is 1. The molecular weight excluding hydrogens is 258 g/mol. The smallest absolute Gasteiger partial charge is 0.339 e. The van der Waals surface area contributed by atoms with Gasteiger partial charge in [-0.05, 0) is 25.8 Å². The van der Waals surface area contributed by atoms with Crippen molar-refractivity contribution in [1.29, 1.82) is 0 Å². The third-order valence-electron chi connectivity index (χ3n) is 2.84. The van der Waals surface area contributed by atoms with Crippen molar-refractivity contribution in [2.24, 2.45) is 7.05 Å². The van der Waals surface area contributed by atoms with Gasteiger partial charge >= 0.3 is 5.97 Å². The number of nitrogens with zero attached hydrogens (tertiary/aromatic N) is 1. The van der Waals surface area contributed by atoms with Crippen LogP contribution in [0.25, 0.3) is 0 Å². The van der Waals surface area contributed by atoms with E-state index >= 15 is 0 Å². The van der Waals surface area contributed by atoms with E-state index in [0.29, 0.717) is 0 Å². The van der Waals surface area contributed by atoms with Gasteiger partial charge in [-0.15, -0.1) is 0 Å². The molecule has 4 heteroatoms. The van der Waals surface area contributed by atoms with Crippen molar-refractivity contribution in [1.82, 2.24) is 4.57 Å². The molecule has 15 heavy (non-hydrogen) atoms. The van der Waals surface area contributed by atoms with Crippen molar-refractivity contribution in [2.45, 2.75) is 20.3 Å². The molecule has 3 nitrogen and oxygen atoms in total. The fourth-order valence-electron chi connectivity index (χ4n) is 1.79. The van der Waals surface area contributed by atoms with Crippen LogP contribution in [0.1, 0.15) is 27.3 Å². The first-order chi connectivity index (χ1) is 7.04. The minimum absolute atomic E-state index is 0.243. The topological polar surface area (TPSA) is 31.2 Å². The summed E-state index contributed by atoms with van der Waals surface area (Å²) in [4.78, 5) is 11.6. The Morgan fingerprint density at radius 3 is 2.47 bits per heavy atom. The zero-order chi connectivity index (χ0) is 11.6. The first-order valence-corrected chi connectivity index (χ1v) is 5.95. The fraction of sp³-hybridized carbons (Fsp3) is 0.545. The average Bonchev–Trinajstić information content (AvgIpc) is 2.44. The number of methoxy groups -OCH3 is 1. The minimum Gasteiger partial charge on any atom is -0.465 e. The molecule has 0 aromatic carbocycles. The Balaban J connectivity index is 3.33. The van der Waals surface area contributed by atoms with E-state index in [1.54, 1.807) is 0 Å². The van der Waals surface area contributed by atoms with Crippen LogP contribution in [0, 0.1) is 13.8 Å². The molecule has 0 aliphatic heterocycles. The molecule has 0 atom stereocenters. The molecule has 0 amide bonds. The lowest BCUT2D eigenvalue weighted by Gasteiger charge is -2.02. The van der Waals surface area contributed by atoms with Crippen LogP contribution in [-0.4, -0.2) is 23.0 Å². The zero-order valence-electron chi connectivity index (χ0n) is 9.56. The lowest BCUT2D eigenvalue weighted by molar-refractivity contribution is 0.0598. The Hall–Kier alpha value is -0.770. The van der Waals surface area contributed by atoms with E-state index in [2.05, 4.69) is 15.9 Å². The van der Waals surface area contributed by atoms with Gasteiger partial charge in [-0.2, -0.15) is 0 Å². The molecule has 0 aliphatic carbocycles. The molecule has 0 unspecified atom stereocenters. The Bertz CT molecular complexity index is 382. The number of halogens is 1. The van der Waals surface area contributed by atoms with Crippen LogP contribution in [0.5, 0.6) is 0 Å². The first-order valence-electron chi connectivity index (χ1n) is 4.83. The highest BCUT2D eigenvalue weighted by Gasteiger charge is 2.21. The van der Waals surface area contributed by atoms with Gasteiger partial charge in [0.2, 0.25) is 0 Å². The second kappa shape index (κ2) is 4.84. The second-order valence-electron chi connectivity index (χ2n) is 3.51. The standard InChI is InChI=1S/C11H16BrNO2/c1-7-9(5-6-12)10(11(14)15-4)8(2)13(7)3/h5-6H2,1-4H3. The predicted octanol–water partition coefficient (Wildman–Crippen LogP) is 2.37. The van der Waals surface area contributed by atoms with Crippen LogP contribution in [0.4, 0.5) is 0 Å². The van der Waals surface area contributed by atoms with Crippen molar-refractivity contribution >= 4 is 21.9 Å². The number of aromatic nitrogens is 1. The summed E-state index contributed by atoms with van der Waals surface area (Å²) in [6.07, 6.45) is 0.845. The van der Waals surface area contributed by atoms with Crippen LogP contribution >= 0.6 is 15.9 Å².